The summed E-state index contributed by atoms with van der Waals surface area (Å²) in [6, 6.07) is 4.05. The molecular formula is C27H39ClN6O2. The molecule has 9 heteroatoms. The van der Waals surface area contributed by atoms with E-state index in [4.69, 9.17) is 21.4 Å². The van der Waals surface area contributed by atoms with Crippen LogP contribution in [0.4, 0.5) is 10.6 Å². The highest BCUT2D eigenvalue weighted by Gasteiger charge is 2.40. The van der Waals surface area contributed by atoms with Gasteiger partial charge < -0.3 is 15.4 Å². The maximum atomic E-state index is 12.3. The predicted molar refractivity (Wildman–Crippen MR) is 144 cm³/mol. The number of hydrogen-bond acceptors (Lipinski definition) is 6. The van der Waals surface area contributed by atoms with Crippen LogP contribution in [-0.2, 0) is 10.3 Å². The Morgan fingerprint density at radius 1 is 1.47 bits per heavy atom. The van der Waals surface area contributed by atoms with Gasteiger partial charge in [-0.1, -0.05) is 32.0 Å². The summed E-state index contributed by atoms with van der Waals surface area (Å²) in [5.74, 6) is 1.23. The Kier molecular flexibility index (Phi) is 8.55. The van der Waals surface area contributed by atoms with Crippen LogP contribution in [0.1, 0.15) is 91.7 Å². The SMILES string of the molecule is C=C(Cl)C(C#N)=N/C=C(/Nc1cc(C2CCC(OC(=O)NC3(C)CC3)C2)nn1C(C)(C)C)C(C)CC. The first-order chi connectivity index (χ1) is 16.8. The number of nitrogens with zero attached hydrogens (tertiary/aromatic N) is 4. The Morgan fingerprint density at radius 3 is 2.72 bits per heavy atom. The van der Waals surface area contributed by atoms with Gasteiger partial charge in [-0.25, -0.2) is 14.5 Å². The van der Waals surface area contributed by atoms with Gasteiger partial charge in [0, 0.05) is 29.4 Å². The number of anilines is 1. The van der Waals surface area contributed by atoms with E-state index in [1.807, 2.05) is 17.7 Å². The summed E-state index contributed by atoms with van der Waals surface area (Å²) in [5, 5.41) is 20.9. The quantitative estimate of drug-likeness (QED) is 0.362. The first-order valence-electron chi connectivity index (χ1n) is 12.7. The fourth-order valence-corrected chi connectivity index (χ4v) is 4.29. The van der Waals surface area contributed by atoms with Crippen molar-refractivity contribution >= 4 is 29.2 Å². The van der Waals surface area contributed by atoms with Crippen molar-refractivity contribution in [2.75, 3.05) is 5.32 Å². The predicted octanol–water partition coefficient (Wildman–Crippen LogP) is 6.57. The maximum Gasteiger partial charge on any atom is 0.407 e. The van der Waals surface area contributed by atoms with Crippen molar-refractivity contribution in [1.29, 1.82) is 5.26 Å². The zero-order chi connectivity index (χ0) is 26.7. The normalized spacial score (nSPS) is 22.5. The van der Waals surface area contributed by atoms with E-state index in [2.05, 4.69) is 62.9 Å². The third kappa shape index (κ3) is 7.13. The summed E-state index contributed by atoms with van der Waals surface area (Å²) in [6.45, 7) is 16.2. The highest BCUT2D eigenvalue weighted by molar-refractivity contribution is 6.45. The van der Waals surface area contributed by atoms with Gasteiger partial charge in [-0.15, -0.1) is 0 Å². The van der Waals surface area contributed by atoms with E-state index in [0.717, 1.165) is 55.7 Å². The number of ether oxygens (including phenoxy) is 1. The maximum absolute atomic E-state index is 12.3. The lowest BCUT2D eigenvalue weighted by Crippen LogP contribution is -2.36. The fourth-order valence-electron chi connectivity index (χ4n) is 4.20. The van der Waals surface area contributed by atoms with Crippen molar-refractivity contribution in [3.05, 3.63) is 35.3 Å². The highest BCUT2D eigenvalue weighted by atomic mass is 35.5. The summed E-state index contributed by atoms with van der Waals surface area (Å²) in [4.78, 5) is 16.5. The number of carbonyl (C=O) groups is 1. The molecule has 2 saturated carbocycles. The molecule has 0 aliphatic heterocycles. The average Bonchev–Trinajstić information content (AvgIpc) is 3.16. The minimum Gasteiger partial charge on any atom is -0.446 e. The smallest absolute Gasteiger partial charge is 0.407 e. The first-order valence-corrected chi connectivity index (χ1v) is 13.1. The molecular weight excluding hydrogens is 476 g/mol. The van der Waals surface area contributed by atoms with Gasteiger partial charge in [0.05, 0.1) is 16.3 Å². The molecule has 8 nitrogen and oxygen atoms in total. The summed E-state index contributed by atoms with van der Waals surface area (Å²) in [7, 11) is 0. The third-order valence-electron chi connectivity index (χ3n) is 6.96. The standard InChI is InChI=1S/C27H39ClN6O2/c1-8-17(2)23(16-30-22(15-29)18(3)28)31-24-14-21(33-34(24)26(4,5)6)19-9-10-20(13-19)36-25(35)32-27(7)11-12-27/h14,16-17,19-20,31H,3,8-13H2,1-2,4-7H3,(H,32,35)/b23-16+,30-22?. The fraction of sp³-hybridized carbons (Fsp3) is 0.630. The molecule has 1 aromatic rings. The van der Waals surface area contributed by atoms with Crippen LogP contribution in [0.15, 0.2) is 34.6 Å². The van der Waals surface area contributed by atoms with Crippen LogP contribution in [0.25, 0.3) is 0 Å². The van der Waals surface area contributed by atoms with Gasteiger partial charge >= 0.3 is 6.09 Å². The van der Waals surface area contributed by atoms with E-state index >= 15 is 0 Å². The molecule has 0 saturated heterocycles. The monoisotopic (exact) mass is 514 g/mol. The molecule has 0 aromatic carbocycles. The highest BCUT2D eigenvalue weighted by Crippen LogP contribution is 2.39. The van der Waals surface area contributed by atoms with Crippen molar-refractivity contribution in [3.8, 4) is 6.07 Å². The minimum atomic E-state index is -0.316. The molecule has 2 aliphatic carbocycles. The molecule has 2 N–H and O–H groups in total. The lowest BCUT2D eigenvalue weighted by Gasteiger charge is -2.24. The number of nitrogens with one attached hydrogen (secondary N) is 2. The molecule has 2 aliphatic rings. The number of rotatable bonds is 9. The van der Waals surface area contributed by atoms with Crippen LogP contribution >= 0.6 is 11.6 Å². The van der Waals surface area contributed by atoms with Gasteiger partial charge in [0.1, 0.15) is 18.0 Å². The van der Waals surface area contributed by atoms with Gasteiger partial charge in [0.15, 0.2) is 5.71 Å². The molecule has 0 radical (unpaired) electrons. The Labute approximate surface area is 219 Å². The molecule has 196 valence electrons. The Bertz CT molecular complexity index is 1090. The van der Waals surface area contributed by atoms with Crippen LogP contribution in [0.2, 0.25) is 0 Å². The Morgan fingerprint density at radius 2 is 2.17 bits per heavy atom. The van der Waals surface area contributed by atoms with Crippen LogP contribution in [-0.4, -0.2) is 33.2 Å². The summed E-state index contributed by atoms with van der Waals surface area (Å²) in [5.41, 5.74) is 1.57. The first kappa shape index (κ1) is 27.8. The topological polar surface area (TPSA) is 104 Å². The Hall–Kier alpha value is -2.79. The van der Waals surface area contributed by atoms with Crippen molar-refractivity contribution in [2.45, 2.75) is 103 Å². The second-order valence-electron chi connectivity index (χ2n) is 11.3. The van der Waals surface area contributed by atoms with Crippen LogP contribution in [0.3, 0.4) is 0 Å². The molecule has 3 unspecified atom stereocenters. The molecule has 1 amide bonds. The lowest BCUT2D eigenvalue weighted by molar-refractivity contribution is 0.0967. The number of aliphatic imine (C=N–C) groups is 1. The van der Waals surface area contributed by atoms with Crippen LogP contribution in [0.5, 0.6) is 0 Å². The number of hydrogen-bond donors (Lipinski definition) is 2. The number of alkyl carbamates (subject to hydrolysis) is 1. The van der Waals surface area contributed by atoms with E-state index < -0.39 is 0 Å². The molecule has 1 heterocycles. The second kappa shape index (κ2) is 11.1. The lowest BCUT2D eigenvalue weighted by atomic mass is 10.0. The van der Waals surface area contributed by atoms with E-state index in [1.54, 1.807) is 6.20 Å². The van der Waals surface area contributed by atoms with E-state index in [1.165, 1.54) is 0 Å². The van der Waals surface area contributed by atoms with Crippen LogP contribution < -0.4 is 10.6 Å². The van der Waals surface area contributed by atoms with Gasteiger partial charge in [-0.05, 0) is 72.1 Å². The largest absolute Gasteiger partial charge is 0.446 e. The molecule has 3 atom stereocenters. The van der Waals surface area contributed by atoms with Crippen LogP contribution in [0, 0.1) is 17.2 Å². The second-order valence-corrected chi connectivity index (χ2v) is 11.7. The van der Waals surface area contributed by atoms with Crippen molar-refractivity contribution in [2.24, 2.45) is 10.9 Å². The minimum absolute atomic E-state index is 0.0843. The number of carbonyl (C=O) groups excluding carboxylic acids is 1. The van der Waals surface area contributed by atoms with Crippen molar-refractivity contribution < 1.29 is 9.53 Å². The molecule has 0 spiro atoms. The molecule has 1 aromatic heterocycles. The van der Waals surface area contributed by atoms with E-state index in [0.29, 0.717) is 0 Å². The average molecular weight is 515 g/mol. The number of halogens is 1. The van der Waals surface area contributed by atoms with Gasteiger partial charge in [-0.3, -0.25) is 0 Å². The van der Waals surface area contributed by atoms with Gasteiger partial charge in [-0.2, -0.15) is 10.4 Å². The summed E-state index contributed by atoms with van der Waals surface area (Å²) >= 11 is 5.89. The van der Waals surface area contributed by atoms with Gasteiger partial charge in [0.25, 0.3) is 0 Å². The molecule has 3 rings (SSSR count). The van der Waals surface area contributed by atoms with Crippen molar-refractivity contribution in [1.82, 2.24) is 15.1 Å². The zero-order valence-electron chi connectivity index (χ0n) is 22.3. The number of nitriles is 1. The zero-order valence-corrected chi connectivity index (χ0v) is 23.1. The number of aromatic nitrogens is 2. The third-order valence-corrected chi connectivity index (χ3v) is 7.13. The Balaban J connectivity index is 1.80. The van der Waals surface area contributed by atoms with E-state index in [9.17, 15) is 10.1 Å². The molecule has 2 fully saturated rings. The number of amides is 1. The summed E-state index contributed by atoms with van der Waals surface area (Å²) < 4.78 is 7.70. The van der Waals surface area contributed by atoms with E-state index in [-0.39, 0.29) is 45.9 Å². The number of allylic oxidation sites excluding steroid dienone is 2. The van der Waals surface area contributed by atoms with Gasteiger partial charge in [0.2, 0.25) is 0 Å². The molecule has 36 heavy (non-hydrogen) atoms. The molecule has 0 bridgehead atoms. The summed E-state index contributed by atoms with van der Waals surface area (Å²) in [6.07, 6.45) is 6.62. The van der Waals surface area contributed by atoms with Crippen molar-refractivity contribution in [3.63, 3.8) is 0 Å².